The van der Waals surface area contributed by atoms with Crippen LogP contribution in [0.2, 0.25) is 0 Å². The summed E-state index contributed by atoms with van der Waals surface area (Å²) in [6.07, 6.45) is -0.342. The van der Waals surface area contributed by atoms with Crippen LogP contribution in [0, 0.1) is 13.8 Å². The molecule has 0 bridgehead atoms. The smallest absolute Gasteiger partial charge is 0.267 e. The molecule has 0 atom stereocenters. The van der Waals surface area contributed by atoms with Gasteiger partial charge in [0.25, 0.3) is 11.6 Å². The average molecular weight is 391 g/mol. The Morgan fingerprint density at radius 3 is 2.56 bits per heavy atom. The van der Waals surface area contributed by atoms with Crippen molar-refractivity contribution in [1.29, 1.82) is 0 Å². The molecule has 1 saturated carbocycles. The largest absolute Gasteiger partial charge is 0.488 e. The Balaban J connectivity index is 1.91. The van der Waals surface area contributed by atoms with Crippen LogP contribution in [-0.2, 0) is 11.3 Å². The third kappa shape index (κ3) is 4.56. The second kappa shape index (κ2) is 8.21. The summed E-state index contributed by atoms with van der Waals surface area (Å²) in [7, 11) is 1.50. The van der Waals surface area contributed by atoms with Crippen molar-refractivity contribution in [2.75, 3.05) is 12.4 Å². The molecular formula is C21H23F2NO2S. The highest BCUT2D eigenvalue weighted by molar-refractivity contribution is 7.80. The van der Waals surface area contributed by atoms with E-state index in [0.717, 1.165) is 35.2 Å². The molecule has 144 valence electrons. The van der Waals surface area contributed by atoms with Crippen LogP contribution in [0.25, 0.3) is 0 Å². The lowest BCUT2D eigenvalue weighted by Gasteiger charge is -2.19. The SMILES string of the molecule is COC(=S)Nc1cccc(C2CC2)c1COc1cc(C)c(C)cc1C(F)F. The zero-order valence-electron chi connectivity index (χ0n) is 15.6. The number of thiocarbonyl (C=S) groups is 1. The van der Waals surface area contributed by atoms with Gasteiger partial charge in [0.15, 0.2) is 0 Å². The number of methoxy groups -OCH3 is 1. The van der Waals surface area contributed by atoms with Gasteiger partial charge in [-0.3, -0.25) is 0 Å². The van der Waals surface area contributed by atoms with Gasteiger partial charge in [-0.1, -0.05) is 12.1 Å². The predicted molar refractivity (Wildman–Crippen MR) is 107 cm³/mol. The van der Waals surface area contributed by atoms with Crippen molar-refractivity contribution >= 4 is 23.1 Å². The summed E-state index contributed by atoms with van der Waals surface area (Å²) in [5.74, 6) is 0.703. The maximum atomic E-state index is 13.5. The standard InChI is InChI=1S/C21H23F2NO2S/c1-12-9-16(20(22)23)19(10-13(12)2)26-11-17-15(14-7-8-14)5-4-6-18(17)24-21(27)25-3/h4-6,9-10,14,20H,7-8,11H2,1-3H3,(H,24,27). The summed E-state index contributed by atoms with van der Waals surface area (Å²) >= 11 is 5.11. The van der Waals surface area contributed by atoms with Gasteiger partial charge in [0.2, 0.25) is 0 Å². The van der Waals surface area contributed by atoms with Crippen molar-refractivity contribution in [2.24, 2.45) is 0 Å². The van der Waals surface area contributed by atoms with E-state index in [1.54, 1.807) is 6.07 Å². The molecule has 1 aliphatic rings. The Morgan fingerprint density at radius 2 is 1.93 bits per heavy atom. The quantitative estimate of drug-likeness (QED) is 0.608. The van der Waals surface area contributed by atoms with Gasteiger partial charge in [-0.25, -0.2) is 8.78 Å². The first-order valence-corrected chi connectivity index (χ1v) is 9.30. The van der Waals surface area contributed by atoms with E-state index in [2.05, 4.69) is 11.4 Å². The Labute approximate surface area is 163 Å². The van der Waals surface area contributed by atoms with Crippen molar-refractivity contribution in [3.63, 3.8) is 0 Å². The molecule has 0 spiro atoms. The van der Waals surface area contributed by atoms with Crippen molar-refractivity contribution in [3.8, 4) is 5.75 Å². The van der Waals surface area contributed by atoms with Gasteiger partial charge < -0.3 is 14.8 Å². The summed E-state index contributed by atoms with van der Waals surface area (Å²) in [4.78, 5) is 0. The van der Waals surface area contributed by atoms with Gasteiger partial charge in [-0.05, 0) is 79.7 Å². The maximum absolute atomic E-state index is 13.5. The first-order valence-electron chi connectivity index (χ1n) is 8.89. The number of benzene rings is 2. The maximum Gasteiger partial charge on any atom is 0.267 e. The number of hydrogen-bond acceptors (Lipinski definition) is 3. The molecule has 0 unspecified atom stereocenters. The van der Waals surface area contributed by atoms with Gasteiger partial charge in [-0.15, -0.1) is 0 Å². The van der Waals surface area contributed by atoms with E-state index in [1.165, 1.54) is 18.7 Å². The highest BCUT2D eigenvalue weighted by Crippen LogP contribution is 2.43. The van der Waals surface area contributed by atoms with Gasteiger partial charge in [0, 0.05) is 11.3 Å². The van der Waals surface area contributed by atoms with E-state index in [-0.39, 0.29) is 23.1 Å². The molecule has 0 amide bonds. The van der Waals surface area contributed by atoms with Crippen LogP contribution in [-0.4, -0.2) is 12.3 Å². The zero-order chi connectivity index (χ0) is 19.6. The number of halogens is 2. The number of rotatable bonds is 6. The summed E-state index contributed by atoms with van der Waals surface area (Å²) in [5.41, 5.74) is 4.55. The van der Waals surface area contributed by atoms with Crippen LogP contribution < -0.4 is 10.1 Å². The van der Waals surface area contributed by atoms with E-state index in [1.807, 2.05) is 26.0 Å². The van der Waals surface area contributed by atoms with Crippen LogP contribution in [0.3, 0.4) is 0 Å². The second-order valence-corrected chi connectivity index (χ2v) is 7.20. The molecular weight excluding hydrogens is 368 g/mol. The van der Waals surface area contributed by atoms with Crippen molar-refractivity contribution < 1.29 is 18.3 Å². The molecule has 0 aromatic heterocycles. The third-order valence-electron chi connectivity index (χ3n) is 4.88. The number of ether oxygens (including phenoxy) is 2. The van der Waals surface area contributed by atoms with E-state index < -0.39 is 6.43 Å². The molecule has 27 heavy (non-hydrogen) atoms. The fourth-order valence-corrected chi connectivity index (χ4v) is 3.19. The first kappa shape index (κ1) is 19.5. The van der Waals surface area contributed by atoms with Gasteiger partial charge in [0.1, 0.15) is 12.4 Å². The van der Waals surface area contributed by atoms with Crippen LogP contribution in [0.5, 0.6) is 5.75 Å². The van der Waals surface area contributed by atoms with Crippen LogP contribution in [0.15, 0.2) is 30.3 Å². The molecule has 6 heteroatoms. The van der Waals surface area contributed by atoms with Crippen LogP contribution >= 0.6 is 12.2 Å². The molecule has 2 aromatic carbocycles. The second-order valence-electron chi connectivity index (χ2n) is 6.83. The van der Waals surface area contributed by atoms with E-state index in [0.29, 0.717) is 5.92 Å². The lowest BCUT2D eigenvalue weighted by molar-refractivity contribution is 0.144. The Bertz CT molecular complexity index is 850. The average Bonchev–Trinajstić information content (AvgIpc) is 3.47. The number of anilines is 1. The fourth-order valence-electron chi connectivity index (χ4n) is 3.08. The summed E-state index contributed by atoms with van der Waals surface area (Å²) in [5, 5.41) is 3.31. The number of hydrogen-bond donors (Lipinski definition) is 1. The minimum atomic E-state index is -2.59. The summed E-state index contributed by atoms with van der Waals surface area (Å²) in [6, 6.07) is 9.10. The van der Waals surface area contributed by atoms with Crippen molar-refractivity contribution in [3.05, 3.63) is 58.1 Å². The summed E-state index contributed by atoms with van der Waals surface area (Å²) in [6.45, 7) is 3.89. The lowest BCUT2D eigenvalue weighted by Crippen LogP contribution is -2.14. The first-order chi connectivity index (χ1) is 12.9. The number of aryl methyl sites for hydroxylation is 2. The highest BCUT2D eigenvalue weighted by atomic mass is 32.1. The predicted octanol–water partition coefficient (Wildman–Crippen LogP) is 6.04. The molecule has 3 nitrogen and oxygen atoms in total. The molecule has 0 aliphatic heterocycles. The fraction of sp³-hybridized carbons (Fsp3) is 0.381. The molecule has 1 aliphatic carbocycles. The molecule has 3 rings (SSSR count). The summed E-state index contributed by atoms with van der Waals surface area (Å²) < 4.78 is 37.8. The number of nitrogens with one attached hydrogen (secondary N) is 1. The Kier molecular flexibility index (Phi) is 5.95. The molecule has 1 fully saturated rings. The Hall–Kier alpha value is -2.21. The van der Waals surface area contributed by atoms with Crippen molar-refractivity contribution in [1.82, 2.24) is 0 Å². The molecule has 0 saturated heterocycles. The van der Waals surface area contributed by atoms with Gasteiger partial charge >= 0.3 is 0 Å². The molecule has 1 N–H and O–H groups in total. The molecule has 2 aromatic rings. The Morgan fingerprint density at radius 1 is 1.22 bits per heavy atom. The molecule has 0 radical (unpaired) electrons. The van der Waals surface area contributed by atoms with E-state index in [4.69, 9.17) is 21.7 Å². The number of alkyl halides is 2. The topological polar surface area (TPSA) is 30.5 Å². The van der Waals surface area contributed by atoms with E-state index >= 15 is 0 Å². The highest BCUT2D eigenvalue weighted by Gasteiger charge is 2.27. The molecule has 0 heterocycles. The van der Waals surface area contributed by atoms with Gasteiger partial charge in [0.05, 0.1) is 12.7 Å². The minimum absolute atomic E-state index is 0.0797. The third-order valence-corrected chi connectivity index (χ3v) is 5.15. The zero-order valence-corrected chi connectivity index (χ0v) is 16.5. The normalized spacial score (nSPS) is 13.6. The van der Waals surface area contributed by atoms with Gasteiger partial charge in [-0.2, -0.15) is 0 Å². The van der Waals surface area contributed by atoms with E-state index in [9.17, 15) is 8.78 Å². The van der Waals surface area contributed by atoms with Crippen molar-refractivity contribution in [2.45, 2.75) is 45.6 Å². The minimum Gasteiger partial charge on any atom is -0.488 e. The van der Waals surface area contributed by atoms with Crippen LogP contribution in [0.1, 0.15) is 53.0 Å². The van der Waals surface area contributed by atoms with Crippen LogP contribution in [0.4, 0.5) is 14.5 Å². The monoisotopic (exact) mass is 391 g/mol. The lowest BCUT2D eigenvalue weighted by atomic mass is 10.0.